The highest BCUT2D eigenvalue weighted by atomic mass is 16.5. The van der Waals surface area contributed by atoms with Gasteiger partial charge in [-0.3, -0.25) is 9.89 Å². The van der Waals surface area contributed by atoms with Crippen molar-refractivity contribution in [3.05, 3.63) is 29.8 Å². The highest BCUT2D eigenvalue weighted by Crippen LogP contribution is 2.14. The molecule has 2 aliphatic rings. The van der Waals surface area contributed by atoms with Crippen molar-refractivity contribution < 1.29 is 4.74 Å². The molecule has 2 N–H and O–H groups in total. The zero-order valence-electron chi connectivity index (χ0n) is 15.3. The molecule has 1 aromatic rings. The first kappa shape index (κ1) is 18.1. The molecule has 1 aromatic carbocycles. The lowest BCUT2D eigenvalue weighted by Crippen LogP contribution is -2.41. The lowest BCUT2D eigenvalue weighted by Gasteiger charge is -2.27. The summed E-state index contributed by atoms with van der Waals surface area (Å²) in [6.07, 6.45) is 7.36. The van der Waals surface area contributed by atoms with Crippen LogP contribution in [0.15, 0.2) is 29.3 Å². The fraction of sp³-hybridized carbons (Fsp3) is 0.650. The summed E-state index contributed by atoms with van der Waals surface area (Å²) in [6.45, 7) is 7.12. The second kappa shape index (κ2) is 9.66. The molecule has 0 atom stereocenters. The number of likely N-dealkylation sites (tertiary alicyclic amines) is 2. The maximum absolute atomic E-state index is 6.10. The Morgan fingerprint density at radius 1 is 0.960 bits per heavy atom. The van der Waals surface area contributed by atoms with Crippen LogP contribution in [-0.2, 0) is 6.42 Å². The molecule has 2 heterocycles. The number of benzene rings is 1. The molecule has 5 nitrogen and oxygen atoms in total. The molecule has 2 saturated heterocycles. The summed E-state index contributed by atoms with van der Waals surface area (Å²) in [5.41, 5.74) is 7.37. The van der Waals surface area contributed by atoms with Gasteiger partial charge in [0.15, 0.2) is 5.96 Å². The van der Waals surface area contributed by atoms with Crippen molar-refractivity contribution in [2.45, 2.75) is 38.5 Å². The van der Waals surface area contributed by atoms with Crippen molar-refractivity contribution in [1.29, 1.82) is 0 Å². The summed E-state index contributed by atoms with van der Waals surface area (Å²) >= 11 is 0. The van der Waals surface area contributed by atoms with Crippen LogP contribution in [-0.4, -0.2) is 61.6 Å². The van der Waals surface area contributed by atoms with Gasteiger partial charge in [-0.1, -0.05) is 12.1 Å². The molecule has 0 saturated carbocycles. The zero-order chi connectivity index (χ0) is 17.3. The first-order valence-electron chi connectivity index (χ1n) is 9.80. The summed E-state index contributed by atoms with van der Waals surface area (Å²) in [5.74, 6) is 1.67. The average molecular weight is 345 g/mol. The van der Waals surface area contributed by atoms with Crippen LogP contribution >= 0.6 is 0 Å². The van der Waals surface area contributed by atoms with Gasteiger partial charge in [-0.25, -0.2) is 0 Å². The van der Waals surface area contributed by atoms with Gasteiger partial charge in [0.05, 0.1) is 0 Å². The number of ether oxygens (including phenoxy) is 1. The standard InChI is InChI=1S/C20H32N4O/c21-20(24-14-2-1-3-15-24)22-11-10-18-6-8-19(9-7-18)25-17-16-23-12-4-5-13-23/h6-9H,1-5,10-17H2,(H2,21,22). The number of aliphatic imine (C=N–C) groups is 1. The van der Waals surface area contributed by atoms with Gasteiger partial charge in [0.1, 0.15) is 12.4 Å². The van der Waals surface area contributed by atoms with E-state index in [4.69, 9.17) is 10.5 Å². The molecule has 2 fully saturated rings. The normalized spacial score (nSPS) is 19.4. The van der Waals surface area contributed by atoms with Crippen molar-refractivity contribution >= 4 is 5.96 Å². The van der Waals surface area contributed by atoms with Gasteiger partial charge in [0.2, 0.25) is 0 Å². The highest BCUT2D eigenvalue weighted by Gasteiger charge is 2.12. The third-order valence-corrected chi connectivity index (χ3v) is 5.15. The highest BCUT2D eigenvalue weighted by molar-refractivity contribution is 5.78. The molecule has 0 aromatic heterocycles. The Kier molecular flexibility index (Phi) is 6.98. The van der Waals surface area contributed by atoms with E-state index in [0.717, 1.165) is 45.0 Å². The fourth-order valence-electron chi connectivity index (χ4n) is 3.57. The van der Waals surface area contributed by atoms with Gasteiger partial charge in [0, 0.05) is 26.2 Å². The Hall–Kier alpha value is -1.75. The maximum atomic E-state index is 6.10. The van der Waals surface area contributed by atoms with Crippen LogP contribution < -0.4 is 10.5 Å². The second-order valence-corrected chi connectivity index (χ2v) is 7.08. The van der Waals surface area contributed by atoms with E-state index in [1.165, 1.54) is 50.8 Å². The van der Waals surface area contributed by atoms with Crippen molar-refractivity contribution in [3.63, 3.8) is 0 Å². The third kappa shape index (κ3) is 5.92. The number of rotatable bonds is 7. The van der Waals surface area contributed by atoms with Crippen molar-refractivity contribution in [1.82, 2.24) is 9.80 Å². The first-order valence-corrected chi connectivity index (χ1v) is 9.80. The van der Waals surface area contributed by atoms with Crippen molar-refractivity contribution in [2.24, 2.45) is 10.7 Å². The molecule has 0 unspecified atom stereocenters. The van der Waals surface area contributed by atoms with Crippen LogP contribution in [0.2, 0.25) is 0 Å². The molecule has 0 spiro atoms. The molecule has 138 valence electrons. The molecule has 0 aliphatic carbocycles. The number of nitrogens with two attached hydrogens (primary N) is 1. The Labute approximate surface area is 151 Å². The Morgan fingerprint density at radius 3 is 2.36 bits per heavy atom. The minimum Gasteiger partial charge on any atom is -0.492 e. The number of nitrogens with zero attached hydrogens (tertiary/aromatic N) is 3. The molecule has 2 aliphatic heterocycles. The largest absolute Gasteiger partial charge is 0.492 e. The van der Waals surface area contributed by atoms with Crippen LogP contribution in [0, 0.1) is 0 Å². The number of guanidine groups is 1. The molecule has 0 amide bonds. The number of hydrogen-bond acceptors (Lipinski definition) is 3. The summed E-state index contributed by atoms with van der Waals surface area (Å²) < 4.78 is 5.85. The van der Waals surface area contributed by atoms with Gasteiger partial charge >= 0.3 is 0 Å². The van der Waals surface area contributed by atoms with E-state index in [1.807, 2.05) is 0 Å². The molecule has 25 heavy (non-hydrogen) atoms. The molecule has 0 bridgehead atoms. The van der Waals surface area contributed by atoms with Gasteiger partial charge < -0.3 is 15.4 Å². The fourth-order valence-corrected chi connectivity index (χ4v) is 3.57. The lowest BCUT2D eigenvalue weighted by molar-refractivity contribution is 0.238. The maximum Gasteiger partial charge on any atom is 0.191 e. The lowest BCUT2D eigenvalue weighted by atomic mass is 10.1. The van der Waals surface area contributed by atoms with Crippen LogP contribution in [0.5, 0.6) is 5.75 Å². The van der Waals surface area contributed by atoms with Crippen LogP contribution in [0.1, 0.15) is 37.7 Å². The Balaban J connectivity index is 1.36. The van der Waals surface area contributed by atoms with Gasteiger partial charge in [0.25, 0.3) is 0 Å². The monoisotopic (exact) mass is 344 g/mol. The minimum absolute atomic E-state index is 0.710. The first-order chi connectivity index (χ1) is 12.3. The smallest absolute Gasteiger partial charge is 0.191 e. The van der Waals surface area contributed by atoms with Crippen molar-refractivity contribution in [2.75, 3.05) is 45.9 Å². The molecule has 5 heteroatoms. The van der Waals surface area contributed by atoms with Crippen LogP contribution in [0.25, 0.3) is 0 Å². The number of piperidine rings is 1. The van der Waals surface area contributed by atoms with E-state index in [9.17, 15) is 0 Å². The molecule has 3 rings (SSSR count). The van der Waals surface area contributed by atoms with Crippen LogP contribution in [0.3, 0.4) is 0 Å². The van der Waals surface area contributed by atoms with Gasteiger partial charge in [-0.15, -0.1) is 0 Å². The summed E-state index contributed by atoms with van der Waals surface area (Å²) in [6, 6.07) is 8.41. The van der Waals surface area contributed by atoms with Gasteiger partial charge in [-0.2, -0.15) is 0 Å². The van der Waals surface area contributed by atoms with E-state index in [1.54, 1.807) is 0 Å². The second-order valence-electron chi connectivity index (χ2n) is 7.08. The predicted octanol–water partition coefficient (Wildman–Crippen LogP) is 2.50. The quantitative estimate of drug-likeness (QED) is 0.610. The van der Waals surface area contributed by atoms with E-state index in [2.05, 4.69) is 39.1 Å². The number of hydrogen-bond donors (Lipinski definition) is 1. The summed E-state index contributed by atoms with van der Waals surface area (Å²) in [7, 11) is 0. The van der Waals surface area contributed by atoms with E-state index in [-0.39, 0.29) is 0 Å². The molecular weight excluding hydrogens is 312 g/mol. The van der Waals surface area contributed by atoms with Crippen molar-refractivity contribution in [3.8, 4) is 5.75 Å². The zero-order valence-corrected chi connectivity index (χ0v) is 15.3. The third-order valence-electron chi connectivity index (χ3n) is 5.15. The predicted molar refractivity (Wildman–Crippen MR) is 103 cm³/mol. The SMILES string of the molecule is NC(=NCCc1ccc(OCCN2CCCC2)cc1)N1CCCCC1. The molecule has 0 radical (unpaired) electrons. The van der Waals surface area contributed by atoms with E-state index in [0.29, 0.717) is 5.96 Å². The van der Waals surface area contributed by atoms with E-state index >= 15 is 0 Å². The Bertz CT molecular complexity index is 531. The van der Waals surface area contributed by atoms with Gasteiger partial charge in [-0.05, 0) is 69.3 Å². The Morgan fingerprint density at radius 2 is 1.64 bits per heavy atom. The molecular formula is C20H32N4O. The topological polar surface area (TPSA) is 54.1 Å². The summed E-state index contributed by atoms with van der Waals surface area (Å²) in [5, 5.41) is 0. The van der Waals surface area contributed by atoms with Crippen LogP contribution in [0.4, 0.5) is 0 Å². The van der Waals surface area contributed by atoms with E-state index < -0.39 is 0 Å². The summed E-state index contributed by atoms with van der Waals surface area (Å²) in [4.78, 5) is 9.22. The average Bonchev–Trinajstić information content (AvgIpc) is 3.17. The minimum atomic E-state index is 0.710.